The maximum atomic E-state index is 13.1. The Labute approximate surface area is 222 Å². The highest BCUT2D eigenvalue weighted by molar-refractivity contribution is 7.71. The van der Waals surface area contributed by atoms with Crippen LogP contribution in [0.15, 0.2) is 17.1 Å². The number of nitrogens with one attached hydrogen (secondary N) is 1. The summed E-state index contributed by atoms with van der Waals surface area (Å²) in [4.78, 5) is 36.9. The van der Waals surface area contributed by atoms with E-state index in [0.29, 0.717) is 0 Å². The number of phosphoric acid groups is 1. The van der Waals surface area contributed by atoms with Crippen LogP contribution in [-0.2, 0) is 41.8 Å². The Balaban J connectivity index is 2.09. The van der Waals surface area contributed by atoms with Crippen molar-refractivity contribution in [2.45, 2.75) is 70.9 Å². The normalized spacial score (nSPS) is 23.4. The van der Waals surface area contributed by atoms with Crippen molar-refractivity contribution in [2.75, 3.05) is 20.2 Å². The van der Waals surface area contributed by atoms with Crippen molar-refractivity contribution in [3.8, 4) is 0 Å². The Morgan fingerprint density at radius 2 is 1.66 bits per heavy atom. The minimum Gasteiger partial charge on any atom is -0.432 e. The molecule has 3 N–H and O–H groups in total. The number of ether oxygens (including phenoxy) is 5. The van der Waals surface area contributed by atoms with Gasteiger partial charge in [-0.1, -0.05) is 0 Å². The molecule has 1 saturated heterocycles. The summed E-state index contributed by atoms with van der Waals surface area (Å²) in [6.45, 7) is 4.97. The van der Waals surface area contributed by atoms with Crippen LogP contribution in [0.5, 0.6) is 0 Å². The predicted octanol–water partition coefficient (Wildman–Crippen LogP) is 2.11. The first-order valence-corrected chi connectivity index (χ1v) is 13.1. The van der Waals surface area contributed by atoms with E-state index < -0.39 is 82.1 Å². The van der Waals surface area contributed by atoms with E-state index in [1.165, 1.54) is 17.7 Å². The second kappa shape index (κ2) is 13.6. The van der Waals surface area contributed by atoms with Gasteiger partial charge >= 0.3 is 20.1 Å². The maximum absolute atomic E-state index is 13.1. The highest BCUT2D eigenvalue weighted by Crippen LogP contribution is 2.50. The summed E-state index contributed by atoms with van der Waals surface area (Å²) >= 11 is 5.09. The van der Waals surface area contributed by atoms with Gasteiger partial charge in [-0.3, -0.25) is 18.9 Å². The van der Waals surface area contributed by atoms with E-state index in [2.05, 4.69) is 14.5 Å². The first-order valence-electron chi connectivity index (χ1n) is 11.2. The van der Waals surface area contributed by atoms with Gasteiger partial charge in [0, 0.05) is 12.3 Å². The molecule has 18 heteroatoms. The highest BCUT2D eigenvalue weighted by Gasteiger charge is 2.53. The topological polar surface area (TPSA) is 203 Å². The Kier molecular flexibility index (Phi) is 11.4. The van der Waals surface area contributed by atoms with Crippen molar-refractivity contribution in [1.82, 2.24) is 9.55 Å². The zero-order valence-electron chi connectivity index (χ0n) is 21.3. The fourth-order valence-electron chi connectivity index (χ4n) is 3.00. The Morgan fingerprint density at radius 1 is 1.13 bits per heavy atom. The Bertz CT molecular complexity index is 1090. The number of nitrogens with zero attached hydrogens (tertiary/aromatic N) is 1. The quantitative estimate of drug-likeness (QED) is 0.139. The standard InChI is InChI=1S/C20H31N2O14PS/c1-11(2)34-18(25)29-9-32-37(28,33-10-30-19(26)35-12(3)4)31-8-13-15(24)20(5,27)16(36-13)22-7-6-14(23)21-17(22)38/h6-7,11-13,15-16,24,27H,8-10H2,1-5H3,(H,21,23,38)/t13-,15+,16-,20?/m1/s1. The minimum absolute atomic E-state index is 0.0928. The van der Waals surface area contributed by atoms with E-state index in [0.717, 1.165) is 6.07 Å². The van der Waals surface area contributed by atoms with Crippen molar-refractivity contribution in [1.29, 1.82) is 0 Å². The van der Waals surface area contributed by atoms with E-state index in [4.69, 9.17) is 40.0 Å². The molecular formula is C20H31N2O14PS. The van der Waals surface area contributed by atoms with E-state index in [-0.39, 0.29) is 4.77 Å². The highest BCUT2D eigenvalue weighted by atomic mass is 32.1. The summed E-state index contributed by atoms with van der Waals surface area (Å²) in [7, 11) is -4.64. The van der Waals surface area contributed by atoms with Crippen LogP contribution in [0.25, 0.3) is 0 Å². The van der Waals surface area contributed by atoms with E-state index in [1.54, 1.807) is 27.7 Å². The minimum atomic E-state index is -4.64. The Morgan fingerprint density at radius 3 is 2.13 bits per heavy atom. The molecule has 216 valence electrons. The van der Waals surface area contributed by atoms with Gasteiger partial charge in [-0.15, -0.1) is 0 Å². The number of phosphoric ester groups is 1. The third-order valence-corrected chi connectivity index (χ3v) is 6.32. The van der Waals surface area contributed by atoms with E-state index in [9.17, 15) is 29.2 Å². The average molecular weight is 587 g/mol. The lowest BCUT2D eigenvalue weighted by molar-refractivity contribution is -0.0984. The summed E-state index contributed by atoms with van der Waals surface area (Å²) in [5.41, 5.74) is -2.43. The van der Waals surface area contributed by atoms with Gasteiger partial charge in [0.1, 0.15) is 17.8 Å². The molecule has 38 heavy (non-hydrogen) atoms. The molecule has 0 saturated carbocycles. The fourth-order valence-corrected chi connectivity index (χ4v) is 4.17. The Hall–Kier alpha value is -2.37. The van der Waals surface area contributed by atoms with Crippen molar-refractivity contribution >= 4 is 32.4 Å². The molecular weight excluding hydrogens is 555 g/mol. The van der Waals surface area contributed by atoms with Crippen molar-refractivity contribution < 1.29 is 61.6 Å². The van der Waals surface area contributed by atoms with Crippen LogP contribution >= 0.6 is 20.0 Å². The van der Waals surface area contributed by atoms with Gasteiger partial charge in [-0.05, 0) is 46.8 Å². The molecule has 0 spiro atoms. The van der Waals surface area contributed by atoms with Crippen molar-refractivity contribution in [2.24, 2.45) is 0 Å². The summed E-state index contributed by atoms with van der Waals surface area (Å²) < 4.78 is 53.7. The first kappa shape index (κ1) is 31.8. The van der Waals surface area contributed by atoms with Gasteiger partial charge in [0.25, 0.3) is 5.56 Å². The maximum Gasteiger partial charge on any atom is 0.510 e. The number of aliphatic hydroxyl groups is 2. The van der Waals surface area contributed by atoms with Crippen LogP contribution in [0.3, 0.4) is 0 Å². The van der Waals surface area contributed by atoms with Crippen LogP contribution < -0.4 is 5.56 Å². The average Bonchev–Trinajstić information content (AvgIpc) is 3.00. The number of aromatic amines is 1. The number of hydrogen-bond acceptors (Lipinski definition) is 15. The second-order valence-electron chi connectivity index (χ2n) is 8.57. The largest absolute Gasteiger partial charge is 0.510 e. The molecule has 1 aromatic rings. The van der Waals surface area contributed by atoms with Crippen LogP contribution in [0.1, 0.15) is 40.8 Å². The summed E-state index contributed by atoms with van der Waals surface area (Å²) in [6.07, 6.45) is -6.20. The number of aliphatic hydroxyl groups excluding tert-OH is 1. The van der Waals surface area contributed by atoms with Crippen LogP contribution in [0.4, 0.5) is 9.59 Å². The summed E-state index contributed by atoms with van der Waals surface area (Å²) in [5.74, 6) is 0. The summed E-state index contributed by atoms with van der Waals surface area (Å²) in [6, 6.07) is 1.13. The smallest absolute Gasteiger partial charge is 0.432 e. The molecule has 0 radical (unpaired) electrons. The number of aromatic nitrogens is 2. The molecule has 2 heterocycles. The predicted molar refractivity (Wildman–Crippen MR) is 127 cm³/mol. The van der Waals surface area contributed by atoms with Crippen LogP contribution in [0, 0.1) is 4.77 Å². The van der Waals surface area contributed by atoms with Gasteiger partial charge in [-0.2, -0.15) is 0 Å². The molecule has 4 atom stereocenters. The van der Waals surface area contributed by atoms with Crippen LogP contribution in [0.2, 0.25) is 0 Å². The molecule has 2 rings (SSSR count). The number of H-pyrrole nitrogens is 1. The zero-order valence-corrected chi connectivity index (χ0v) is 23.0. The zero-order chi connectivity index (χ0) is 28.7. The molecule has 1 aliphatic heterocycles. The number of hydrogen-bond donors (Lipinski definition) is 3. The number of carbonyl (C=O) groups excluding carboxylic acids is 2. The molecule has 1 unspecified atom stereocenters. The van der Waals surface area contributed by atoms with E-state index in [1.807, 2.05) is 0 Å². The number of rotatable bonds is 12. The molecule has 16 nitrogen and oxygen atoms in total. The van der Waals surface area contributed by atoms with Gasteiger partial charge in [0.2, 0.25) is 13.6 Å². The summed E-state index contributed by atoms with van der Waals surface area (Å²) in [5, 5.41) is 21.5. The lowest BCUT2D eigenvalue weighted by atomic mass is 9.96. The molecule has 1 fully saturated rings. The van der Waals surface area contributed by atoms with Crippen LogP contribution in [-0.4, -0.2) is 82.3 Å². The fraction of sp³-hybridized carbons (Fsp3) is 0.700. The lowest BCUT2D eigenvalue weighted by Crippen LogP contribution is -2.44. The van der Waals surface area contributed by atoms with E-state index >= 15 is 0 Å². The third-order valence-electron chi connectivity index (χ3n) is 4.69. The van der Waals surface area contributed by atoms with Crippen molar-refractivity contribution in [3.63, 3.8) is 0 Å². The molecule has 0 aliphatic carbocycles. The molecule has 0 aromatic carbocycles. The molecule has 1 aromatic heterocycles. The van der Waals surface area contributed by atoms with Gasteiger partial charge in [0.15, 0.2) is 11.0 Å². The van der Waals surface area contributed by atoms with Gasteiger partial charge < -0.3 is 33.9 Å². The lowest BCUT2D eigenvalue weighted by Gasteiger charge is -2.28. The SMILES string of the molecule is CC(C)OC(=O)OCOP(=O)(OCOC(=O)OC(C)C)OC[C@H]1O[C@@H](n2ccc(=O)[nH]c2=S)C(C)(O)[C@H]1O. The van der Waals surface area contributed by atoms with Crippen molar-refractivity contribution in [3.05, 3.63) is 27.4 Å². The van der Waals surface area contributed by atoms with Gasteiger partial charge in [-0.25, -0.2) is 23.2 Å². The van der Waals surface area contributed by atoms with Gasteiger partial charge in [0.05, 0.1) is 18.8 Å². The number of carbonyl (C=O) groups is 2. The first-order chi connectivity index (χ1) is 17.6. The monoisotopic (exact) mass is 586 g/mol. The molecule has 0 bridgehead atoms. The third kappa shape index (κ3) is 9.13. The second-order valence-corrected chi connectivity index (χ2v) is 10.6. The molecule has 1 aliphatic rings. The molecule has 0 amide bonds.